The van der Waals surface area contributed by atoms with Crippen LogP contribution >= 0.6 is 11.6 Å². The fourth-order valence-corrected chi connectivity index (χ4v) is 2.36. The van der Waals surface area contributed by atoms with Gasteiger partial charge in [-0.25, -0.2) is 9.18 Å². The monoisotopic (exact) mass is 333 g/mol. The molecule has 0 bridgehead atoms. The Labute approximate surface area is 129 Å². The van der Waals surface area contributed by atoms with Gasteiger partial charge in [0.05, 0.1) is 12.6 Å². The van der Waals surface area contributed by atoms with E-state index in [1.165, 1.54) is 6.92 Å². The van der Waals surface area contributed by atoms with Crippen molar-refractivity contribution in [3.8, 4) is 11.3 Å². The summed E-state index contributed by atoms with van der Waals surface area (Å²) in [5, 5.41) is 27.9. The number of halogens is 2. The molecule has 10 heteroatoms. The van der Waals surface area contributed by atoms with Crippen molar-refractivity contribution in [2.45, 2.75) is 37.1 Å². The van der Waals surface area contributed by atoms with Crippen LogP contribution in [0.5, 0.6) is 0 Å². The first-order chi connectivity index (χ1) is 10.3. The molecule has 2 rings (SSSR count). The number of aliphatic hydroxyl groups excluding tert-OH is 2. The van der Waals surface area contributed by atoms with Crippen molar-refractivity contribution in [3.05, 3.63) is 0 Å². The summed E-state index contributed by atoms with van der Waals surface area (Å²) in [6.07, 6.45) is -5.85. The number of nitrogens with one attached hydrogen (secondary N) is 1. The number of carbonyl (C=O) groups excluding carboxylic acids is 2. The molecular weight excluding hydrogens is 321 g/mol. The third-order valence-corrected chi connectivity index (χ3v) is 3.42. The minimum absolute atomic E-state index is 0.0700. The molecule has 2 heterocycles. The second kappa shape index (κ2) is 6.18. The van der Waals surface area contributed by atoms with Crippen LogP contribution in [0, 0.1) is 11.3 Å². The maximum absolute atomic E-state index is 15.0. The lowest BCUT2D eigenvalue weighted by atomic mass is 9.95. The fraction of sp³-hybridized carbons (Fsp3) is 0.583. The summed E-state index contributed by atoms with van der Waals surface area (Å²) in [7, 11) is 0. The van der Waals surface area contributed by atoms with Crippen LogP contribution in [0.4, 0.5) is 9.18 Å². The number of amides is 2. The van der Waals surface area contributed by atoms with Gasteiger partial charge in [-0.05, 0) is 24.4 Å². The number of rotatable bonds is 3. The van der Waals surface area contributed by atoms with Crippen molar-refractivity contribution in [2.24, 2.45) is 5.10 Å². The zero-order valence-electron chi connectivity index (χ0n) is 11.4. The zero-order valence-corrected chi connectivity index (χ0v) is 12.1. The Bertz CT molecular complexity index is 575. The molecule has 2 amide bonds. The Morgan fingerprint density at radius 2 is 2.41 bits per heavy atom. The van der Waals surface area contributed by atoms with E-state index in [0.29, 0.717) is 11.3 Å². The van der Waals surface area contributed by atoms with Gasteiger partial charge in [0.1, 0.15) is 17.9 Å². The van der Waals surface area contributed by atoms with Gasteiger partial charge in [0.2, 0.25) is 11.9 Å². The number of hydrogen-bond acceptors (Lipinski definition) is 6. The Morgan fingerprint density at radius 1 is 1.73 bits per heavy atom. The molecule has 120 valence electrons. The van der Waals surface area contributed by atoms with E-state index >= 15 is 4.39 Å². The van der Waals surface area contributed by atoms with Gasteiger partial charge in [-0.3, -0.25) is 4.79 Å². The normalized spacial score (nSPS) is 36.0. The number of hydrazone groups is 1. The van der Waals surface area contributed by atoms with Crippen molar-refractivity contribution in [3.63, 3.8) is 0 Å². The maximum atomic E-state index is 15.0. The van der Waals surface area contributed by atoms with Crippen LogP contribution in [0.15, 0.2) is 5.10 Å². The van der Waals surface area contributed by atoms with Gasteiger partial charge in [-0.2, -0.15) is 10.1 Å². The van der Waals surface area contributed by atoms with E-state index in [-0.39, 0.29) is 12.3 Å². The summed E-state index contributed by atoms with van der Waals surface area (Å²) in [6, 6.07) is -0.840. The first-order valence-electron chi connectivity index (χ1n) is 6.28. The number of nitrogens with zero attached hydrogens (tertiary/aromatic N) is 2. The summed E-state index contributed by atoms with van der Waals surface area (Å²) in [6.45, 7) is 1.16. The largest absolute Gasteiger partial charge is 0.391 e. The van der Waals surface area contributed by atoms with Gasteiger partial charge in [0.25, 0.3) is 0 Å². The second-order valence-corrected chi connectivity index (χ2v) is 5.03. The molecule has 3 N–H and O–H groups in total. The Hall–Kier alpha value is -1.73. The lowest BCUT2D eigenvalue weighted by Crippen LogP contribution is -2.56. The molecule has 2 aliphatic rings. The highest BCUT2D eigenvalue weighted by molar-refractivity contribution is 6.30. The van der Waals surface area contributed by atoms with E-state index in [4.69, 9.17) is 16.3 Å². The van der Waals surface area contributed by atoms with E-state index in [1.807, 2.05) is 5.92 Å². The van der Waals surface area contributed by atoms with Crippen molar-refractivity contribution >= 4 is 29.6 Å². The molecule has 0 aromatic rings. The third kappa shape index (κ3) is 2.66. The highest BCUT2D eigenvalue weighted by Gasteiger charge is 2.61. The van der Waals surface area contributed by atoms with Crippen LogP contribution in [0.1, 0.15) is 6.92 Å². The van der Waals surface area contributed by atoms with E-state index in [0.717, 1.165) is 0 Å². The van der Waals surface area contributed by atoms with Crippen LogP contribution in [0.25, 0.3) is 0 Å². The van der Waals surface area contributed by atoms with E-state index in [9.17, 15) is 19.8 Å². The average molecular weight is 334 g/mol. The minimum Gasteiger partial charge on any atom is -0.391 e. The van der Waals surface area contributed by atoms with Crippen molar-refractivity contribution in [2.75, 3.05) is 6.54 Å². The molecule has 0 aliphatic carbocycles. The molecule has 8 nitrogen and oxygen atoms in total. The smallest absolute Gasteiger partial charge is 0.340 e. The molecule has 0 radical (unpaired) electrons. The van der Waals surface area contributed by atoms with Crippen LogP contribution in [-0.2, 0) is 9.53 Å². The summed E-state index contributed by atoms with van der Waals surface area (Å²) in [5.41, 5.74) is -2.85. The van der Waals surface area contributed by atoms with Gasteiger partial charge in [-0.15, -0.1) is 0 Å². The lowest BCUT2D eigenvalue weighted by molar-refractivity contribution is -0.104. The minimum atomic E-state index is -2.78. The molecule has 1 unspecified atom stereocenters. The number of aliphatic hydroxyl groups is 2. The van der Waals surface area contributed by atoms with Crippen molar-refractivity contribution in [1.29, 1.82) is 0 Å². The molecule has 1 saturated heterocycles. The van der Waals surface area contributed by atoms with E-state index in [2.05, 4.69) is 10.4 Å². The summed E-state index contributed by atoms with van der Waals surface area (Å²) in [5.74, 6) is 1.94. The zero-order chi connectivity index (χ0) is 16.5. The standard InChI is InChI=1S/C12H13ClFN3O5/c1-6(19)8-9(20)12(14,2-3-13)10(22-8)17-11(21)15-4-7(5-18)16-17/h5-6,8-10,19-20H,4H2,1H3,(H,15,21)/t6-,8+,9-,10+,12?/m0/s1. The van der Waals surface area contributed by atoms with Gasteiger partial charge in [-0.1, -0.05) is 0 Å². The summed E-state index contributed by atoms with van der Waals surface area (Å²) in [4.78, 5) is 22.6. The Kier molecular flexibility index (Phi) is 4.67. The highest BCUT2D eigenvalue weighted by atomic mass is 35.5. The predicted molar refractivity (Wildman–Crippen MR) is 72.6 cm³/mol. The number of aldehydes is 1. The van der Waals surface area contributed by atoms with Crippen molar-refractivity contribution in [1.82, 2.24) is 10.3 Å². The Balaban J connectivity index is 2.44. The van der Waals surface area contributed by atoms with Crippen molar-refractivity contribution < 1.29 is 28.9 Å². The SMILES string of the molecule is C[C@H](O)[C@H]1O[C@@H](N2N=C(C=O)CNC2=O)C(F)(C#CCl)[C@H]1O. The molecule has 0 saturated carbocycles. The van der Waals surface area contributed by atoms with Gasteiger partial charge in [0.15, 0.2) is 6.29 Å². The maximum Gasteiger partial charge on any atom is 0.340 e. The van der Waals surface area contributed by atoms with Gasteiger partial charge < -0.3 is 20.3 Å². The third-order valence-electron chi connectivity index (χ3n) is 3.32. The number of ether oxygens (including phenoxy) is 1. The molecule has 0 aromatic heterocycles. The fourth-order valence-electron chi connectivity index (χ4n) is 2.22. The first kappa shape index (κ1) is 16.6. The second-order valence-electron chi connectivity index (χ2n) is 4.84. The van der Waals surface area contributed by atoms with Crippen LogP contribution in [-0.4, -0.2) is 70.0 Å². The molecule has 1 fully saturated rings. The van der Waals surface area contributed by atoms with Crippen LogP contribution in [0.2, 0.25) is 0 Å². The van der Waals surface area contributed by atoms with Gasteiger partial charge in [0, 0.05) is 5.38 Å². The molecule has 0 spiro atoms. The van der Waals surface area contributed by atoms with Crippen LogP contribution in [0.3, 0.4) is 0 Å². The number of carbonyl (C=O) groups is 2. The average Bonchev–Trinajstić information content (AvgIpc) is 2.73. The summed E-state index contributed by atoms with van der Waals surface area (Å²) >= 11 is 5.22. The number of alkyl halides is 1. The number of hydrogen-bond donors (Lipinski definition) is 3. The molecule has 22 heavy (non-hydrogen) atoms. The number of urea groups is 1. The van der Waals surface area contributed by atoms with Gasteiger partial charge >= 0.3 is 6.03 Å². The van der Waals surface area contributed by atoms with Crippen LogP contribution < -0.4 is 5.32 Å². The molecule has 5 atom stereocenters. The predicted octanol–water partition coefficient (Wildman–Crippen LogP) is -1.06. The molecule has 0 aromatic carbocycles. The highest BCUT2D eigenvalue weighted by Crippen LogP contribution is 2.38. The van der Waals surface area contributed by atoms with E-state index in [1.54, 1.807) is 5.38 Å². The first-order valence-corrected chi connectivity index (χ1v) is 6.66. The summed E-state index contributed by atoms with van der Waals surface area (Å²) < 4.78 is 20.3. The van der Waals surface area contributed by atoms with E-state index < -0.39 is 36.2 Å². The topological polar surface area (TPSA) is 111 Å². The molecular formula is C12H13ClFN3O5. The quantitative estimate of drug-likeness (QED) is 0.450. The molecule has 2 aliphatic heterocycles. The lowest BCUT2D eigenvalue weighted by Gasteiger charge is -2.31. The Morgan fingerprint density at radius 3 is 2.95 bits per heavy atom.